The predicted molar refractivity (Wildman–Crippen MR) is 110 cm³/mol. The Morgan fingerprint density at radius 1 is 1.11 bits per heavy atom. The summed E-state index contributed by atoms with van der Waals surface area (Å²) in [5, 5.41) is 0. The molecular weight excluding hydrogens is 334 g/mol. The molecule has 1 aliphatic carbocycles. The molecule has 3 aliphatic rings. The van der Waals surface area contributed by atoms with Gasteiger partial charge in [-0.15, -0.1) is 0 Å². The maximum Gasteiger partial charge on any atom is 0.248 e. The highest BCUT2D eigenvalue weighted by molar-refractivity contribution is 5.92. The van der Waals surface area contributed by atoms with Crippen molar-refractivity contribution in [3.63, 3.8) is 0 Å². The van der Waals surface area contributed by atoms with Crippen molar-refractivity contribution in [1.29, 1.82) is 0 Å². The molecule has 2 saturated heterocycles. The van der Waals surface area contributed by atoms with Crippen molar-refractivity contribution < 1.29 is 4.79 Å². The van der Waals surface area contributed by atoms with Gasteiger partial charge in [0.05, 0.1) is 0 Å². The van der Waals surface area contributed by atoms with Gasteiger partial charge in [0.15, 0.2) is 0 Å². The van der Waals surface area contributed by atoms with Crippen molar-refractivity contribution in [2.75, 3.05) is 20.1 Å². The van der Waals surface area contributed by atoms with E-state index in [1.807, 2.05) is 18.2 Å². The lowest BCUT2D eigenvalue weighted by molar-refractivity contribution is 0.0970. The number of amides is 1. The van der Waals surface area contributed by atoms with Crippen LogP contribution in [0.2, 0.25) is 0 Å². The molecule has 4 heteroatoms. The highest BCUT2D eigenvalue weighted by Gasteiger charge is 2.40. The van der Waals surface area contributed by atoms with E-state index >= 15 is 0 Å². The summed E-state index contributed by atoms with van der Waals surface area (Å²) in [5.41, 5.74) is 7.44. The smallest absolute Gasteiger partial charge is 0.248 e. The van der Waals surface area contributed by atoms with Crippen LogP contribution in [0.15, 0.2) is 24.3 Å². The summed E-state index contributed by atoms with van der Waals surface area (Å²) in [6.45, 7) is 2.43. The number of carbonyl (C=O) groups is 1. The van der Waals surface area contributed by atoms with Crippen LogP contribution < -0.4 is 5.73 Å². The van der Waals surface area contributed by atoms with Crippen molar-refractivity contribution in [3.8, 4) is 0 Å². The Morgan fingerprint density at radius 3 is 2.48 bits per heavy atom. The first-order valence-corrected chi connectivity index (χ1v) is 11.0. The Morgan fingerprint density at radius 2 is 1.81 bits per heavy atom. The molecule has 0 spiro atoms. The van der Waals surface area contributed by atoms with Crippen LogP contribution in [0.5, 0.6) is 0 Å². The SMILES string of the molecule is CN(CCN1[C@@H]2CC[C@H]1CC(c1cccc(C(N)=O)c1)C2)C1CCCCC1. The van der Waals surface area contributed by atoms with Crippen molar-refractivity contribution >= 4 is 5.91 Å². The molecule has 3 fully saturated rings. The van der Waals surface area contributed by atoms with Crippen molar-refractivity contribution in [3.05, 3.63) is 35.4 Å². The Hall–Kier alpha value is -1.39. The summed E-state index contributed by atoms with van der Waals surface area (Å²) in [6, 6.07) is 10.3. The molecule has 4 nitrogen and oxygen atoms in total. The van der Waals surface area contributed by atoms with Crippen molar-refractivity contribution in [2.24, 2.45) is 5.73 Å². The monoisotopic (exact) mass is 369 g/mol. The van der Waals surface area contributed by atoms with E-state index in [9.17, 15) is 4.79 Å². The first kappa shape index (κ1) is 18.9. The molecule has 3 atom stereocenters. The lowest BCUT2D eigenvalue weighted by Gasteiger charge is -2.41. The second kappa shape index (κ2) is 8.32. The molecule has 1 unspecified atom stereocenters. The summed E-state index contributed by atoms with van der Waals surface area (Å²) in [7, 11) is 2.33. The summed E-state index contributed by atoms with van der Waals surface area (Å²) < 4.78 is 0. The number of nitrogens with zero attached hydrogens (tertiary/aromatic N) is 2. The maximum absolute atomic E-state index is 11.5. The lowest BCUT2D eigenvalue weighted by Crippen LogP contribution is -2.47. The van der Waals surface area contributed by atoms with Gasteiger partial charge in [-0.2, -0.15) is 0 Å². The molecule has 2 heterocycles. The number of primary amides is 1. The largest absolute Gasteiger partial charge is 0.366 e. The fourth-order valence-corrected chi connectivity index (χ4v) is 5.83. The molecule has 1 saturated carbocycles. The fraction of sp³-hybridized carbons (Fsp3) is 0.696. The summed E-state index contributed by atoms with van der Waals surface area (Å²) in [6.07, 6.45) is 12.2. The van der Waals surface area contributed by atoms with E-state index in [2.05, 4.69) is 22.9 Å². The van der Waals surface area contributed by atoms with E-state index in [1.54, 1.807) is 0 Å². The van der Waals surface area contributed by atoms with Gasteiger partial charge in [0, 0.05) is 36.8 Å². The van der Waals surface area contributed by atoms with Crippen LogP contribution in [0.1, 0.15) is 79.6 Å². The minimum atomic E-state index is -0.317. The zero-order valence-electron chi connectivity index (χ0n) is 16.8. The molecule has 1 aromatic rings. The third kappa shape index (κ3) is 4.22. The third-order valence-corrected chi connectivity index (χ3v) is 7.44. The second-order valence-corrected chi connectivity index (χ2v) is 9.05. The molecule has 2 aliphatic heterocycles. The van der Waals surface area contributed by atoms with Crippen LogP contribution in [-0.4, -0.2) is 54.0 Å². The Bertz CT molecular complexity index is 641. The maximum atomic E-state index is 11.5. The van der Waals surface area contributed by atoms with Gasteiger partial charge in [0.1, 0.15) is 0 Å². The predicted octanol–water partition coefficient (Wildman–Crippen LogP) is 3.76. The Kier molecular flexibility index (Phi) is 5.84. The summed E-state index contributed by atoms with van der Waals surface area (Å²) in [5.74, 6) is 0.261. The standard InChI is InChI=1S/C23H35N3O/c1-25(20-8-3-2-4-9-20)12-13-26-21-10-11-22(26)16-19(15-21)17-6-5-7-18(14-17)23(24)27/h5-7,14,19-22H,2-4,8-13,15-16H2,1H3,(H2,24,27)/t19?,21-,22+. The van der Waals surface area contributed by atoms with Gasteiger partial charge in [-0.1, -0.05) is 31.4 Å². The van der Waals surface area contributed by atoms with Gasteiger partial charge in [-0.05, 0) is 69.2 Å². The molecule has 148 valence electrons. The van der Waals surface area contributed by atoms with Crippen LogP contribution in [-0.2, 0) is 0 Å². The zero-order chi connectivity index (χ0) is 18.8. The minimum absolute atomic E-state index is 0.317. The van der Waals surface area contributed by atoms with Crippen LogP contribution in [0.25, 0.3) is 0 Å². The van der Waals surface area contributed by atoms with Gasteiger partial charge < -0.3 is 10.6 Å². The molecule has 1 amide bonds. The number of nitrogens with two attached hydrogens (primary N) is 1. The second-order valence-electron chi connectivity index (χ2n) is 9.05. The quantitative estimate of drug-likeness (QED) is 0.830. The number of carbonyl (C=O) groups excluding carboxylic acids is 1. The zero-order valence-corrected chi connectivity index (χ0v) is 16.8. The van der Waals surface area contributed by atoms with E-state index in [-0.39, 0.29) is 5.91 Å². The minimum Gasteiger partial charge on any atom is -0.366 e. The molecule has 27 heavy (non-hydrogen) atoms. The molecule has 2 bridgehead atoms. The summed E-state index contributed by atoms with van der Waals surface area (Å²) >= 11 is 0. The average Bonchev–Trinajstić information content (AvgIpc) is 2.93. The third-order valence-electron chi connectivity index (χ3n) is 7.44. The average molecular weight is 370 g/mol. The number of piperidine rings is 1. The highest BCUT2D eigenvalue weighted by atomic mass is 16.1. The van der Waals surface area contributed by atoms with Crippen LogP contribution >= 0.6 is 0 Å². The molecule has 4 rings (SSSR count). The number of hydrogen-bond acceptors (Lipinski definition) is 3. The highest BCUT2D eigenvalue weighted by Crippen LogP contribution is 2.43. The number of hydrogen-bond donors (Lipinski definition) is 1. The fourth-order valence-electron chi connectivity index (χ4n) is 5.83. The van der Waals surface area contributed by atoms with Crippen LogP contribution in [0.4, 0.5) is 0 Å². The molecule has 1 aromatic carbocycles. The van der Waals surface area contributed by atoms with E-state index in [1.165, 1.54) is 76.4 Å². The first-order chi connectivity index (χ1) is 13.1. The van der Waals surface area contributed by atoms with E-state index in [0.29, 0.717) is 23.6 Å². The summed E-state index contributed by atoms with van der Waals surface area (Å²) in [4.78, 5) is 16.9. The molecule has 2 N–H and O–H groups in total. The lowest BCUT2D eigenvalue weighted by atomic mass is 9.84. The van der Waals surface area contributed by atoms with Gasteiger partial charge >= 0.3 is 0 Å². The van der Waals surface area contributed by atoms with Crippen molar-refractivity contribution in [1.82, 2.24) is 9.80 Å². The topological polar surface area (TPSA) is 49.6 Å². The van der Waals surface area contributed by atoms with Gasteiger partial charge in [0.2, 0.25) is 5.91 Å². The van der Waals surface area contributed by atoms with E-state index in [0.717, 1.165) is 6.04 Å². The van der Waals surface area contributed by atoms with Crippen molar-refractivity contribution in [2.45, 2.75) is 81.8 Å². The van der Waals surface area contributed by atoms with Crippen LogP contribution in [0.3, 0.4) is 0 Å². The first-order valence-electron chi connectivity index (χ1n) is 11.0. The van der Waals surface area contributed by atoms with E-state index in [4.69, 9.17) is 5.73 Å². The van der Waals surface area contributed by atoms with Crippen LogP contribution in [0, 0.1) is 0 Å². The number of benzene rings is 1. The number of rotatable bonds is 6. The van der Waals surface area contributed by atoms with Gasteiger partial charge in [-0.3, -0.25) is 9.69 Å². The van der Waals surface area contributed by atoms with Gasteiger partial charge in [0.25, 0.3) is 0 Å². The normalized spacial score (nSPS) is 29.3. The molecule has 0 aromatic heterocycles. The number of likely N-dealkylation sites (N-methyl/N-ethyl adjacent to an activating group) is 1. The Labute approximate surface area is 164 Å². The number of fused-ring (bicyclic) bond motifs is 2. The Balaban J connectivity index is 1.35. The van der Waals surface area contributed by atoms with E-state index < -0.39 is 0 Å². The van der Waals surface area contributed by atoms with Gasteiger partial charge in [-0.25, -0.2) is 0 Å². The molecule has 0 radical (unpaired) electrons. The molecular formula is C23H35N3O.